The number of rotatable bonds is 5. The molecule has 0 spiro atoms. The van der Waals surface area contributed by atoms with Crippen molar-refractivity contribution in [3.63, 3.8) is 0 Å². The van der Waals surface area contributed by atoms with Crippen LogP contribution < -0.4 is 5.73 Å². The van der Waals surface area contributed by atoms with Crippen LogP contribution in [0.2, 0.25) is 0 Å². The summed E-state index contributed by atoms with van der Waals surface area (Å²) in [6.07, 6.45) is -3.90. The van der Waals surface area contributed by atoms with Gasteiger partial charge >= 0.3 is 6.18 Å². The standard InChI is InChI=1S/C9H19F3N2/c1-4-7(13)8(9(10,11)12)14(5-2)6-3/h7-8H,4-6,13H2,1-3H3. The molecule has 0 aromatic heterocycles. The Morgan fingerprint density at radius 1 is 1.14 bits per heavy atom. The Balaban J connectivity index is 4.70. The van der Waals surface area contributed by atoms with E-state index in [4.69, 9.17) is 5.73 Å². The largest absolute Gasteiger partial charge is 0.405 e. The van der Waals surface area contributed by atoms with Gasteiger partial charge < -0.3 is 5.73 Å². The monoisotopic (exact) mass is 212 g/mol. The zero-order valence-electron chi connectivity index (χ0n) is 8.93. The third-order valence-electron chi connectivity index (χ3n) is 2.42. The summed E-state index contributed by atoms with van der Waals surface area (Å²) in [6, 6.07) is -2.35. The molecule has 5 heteroatoms. The Hall–Kier alpha value is -0.290. The molecule has 0 aliphatic heterocycles. The lowest BCUT2D eigenvalue weighted by molar-refractivity contribution is -0.188. The van der Waals surface area contributed by atoms with Crippen molar-refractivity contribution in [2.45, 2.75) is 45.5 Å². The first-order chi connectivity index (χ1) is 6.38. The fourth-order valence-electron chi connectivity index (χ4n) is 1.56. The van der Waals surface area contributed by atoms with E-state index < -0.39 is 18.3 Å². The summed E-state index contributed by atoms with van der Waals surface area (Å²) < 4.78 is 38.0. The van der Waals surface area contributed by atoms with Gasteiger partial charge in [0.1, 0.15) is 6.04 Å². The zero-order chi connectivity index (χ0) is 11.4. The normalized spacial score (nSPS) is 17.1. The highest BCUT2D eigenvalue weighted by atomic mass is 19.4. The van der Waals surface area contributed by atoms with Gasteiger partial charge in [-0.25, -0.2) is 0 Å². The predicted molar refractivity (Wildman–Crippen MR) is 51.0 cm³/mol. The van der Waals surface area contributed by atoms with E-state index in [2.05, 4.69) is 0 Å². The Morgan fingerprint density at radius 3 is 1.79 bits per heavy atom. The molecule has 2 unspecified atom stereocenters. The fourth-order valence-corrected chi connectivity index (χ4v) is 1.56. The molecule has 0 radical (unpaired) electrons. The number of nitrogens with two attached hydrogens (primary N) is 1. The summed E-state index contributed by atoms with van der Waals surface area (Å²) in [6.45, 7) is 5.84. The molecule has 0 heterocycles. The van der Waals surface area contributed by atoms with E-state index in [-0.39, 0.29) is 0 Å². The van der Waals surface area contributed by atoms with Gasteiger partial charge in [-0.05, 0) is 19.5 Å². The molecule has 14 heavy (non-hydrogen) atoms. The van der Waals surface area contributed by atoms with Gasteiger partial charge in [0.25, 0.3) is 0 Å². The van der Waals surface area contributed by atoms with Gasteiger partial charge in [0.05, 0.1) is 0 Å². The minimum atomic E-state index is -4.23. The average Bonchev–Trinajstić information content (AvgIpc) is 2.10. The van der Waals surface area contributed by atoms with Crippen LogP contribution >= 0.6 is 0 Å². The Kier molecular flexibility index (Phi) is 5.44. The highest BCUT2D eigenvalue weighted by Gasteiger charge is 2.45. The first kappa shape index (κ1) is 13.7. The molecule has 0 rings (SSSR count). The van der Waals surface area contributed by atoms with E-state index in [1.54, 1.807) is 20.8 Å². The summed E-state index contributed by atoms with van der Waals surface area (Å²) in [7, 11) is 0. The quantitative estimate of drug-likeness (QED) is 0.755. The SMILES string of the molecule is CCC(N)C(N(CC)CC)C(F)(F)F. The molecule has 0 aromatic carbocycles. The molecule has 0 amide bonds. The number of hydrogen-bond acceptors (Lipinski definition) is 2. The maximum Gasteiger partial charge on any atom is 0.405 e. The van der Waals surface area contributed by atoms with Crippen LogP contribution in [0.1, 0.15) is 27.2 Å². The molecule has 2 N–H and O–H groups in total. The molecular formula is C9H19F3N2. The fraction of sp³-hybridized carbons (Fsp3) is 1.00. The first-order valence-electron chi connectivity index (χ1n) is 4.94. The van der Waals surface area contributed by atoms with Crippen molar-refractivity contribution < 1.29 is 13.2 Å². The molecule has 2 atom stereocenters. The topological polar surface area (TPSA) is 29.3 Å². The molecular weight excluding hydrogens is 193 g/mol. The van der Waals surface area contributed by atoms with Crippen LogP contribution in [-0.4, -0.2) is 36.2 Å². The summed E-state index contributed by atoms with van der Waals surface area (Å²) >= 11 is 0. The van der Waals surface area contributed by atoms with Crippen LogP contribution in [0.4, 0.5) is 13.2 Å². The maximum absolute atomic E-state index is 12.7. The molecule has 0 aliphatic rings. The van der Waals surface area contributed by atoms with Gasteiger partial charge in [-0.2, -0.15) is 13.2 Å². The molecule has 0 saturated heterocycles. The maximum atomic E-state index is 12.7. The number of halogens is 3. The van der Waals surface area contributed by atoms with E-state index in [0.717, 1.165) is 0 Å². The van der Waals surface area contributed by atoms with Crippen LogP contribution in [0, 0.1) is 0 Å². The second kappa shape index (κ2) is 5.56. The van der Waals surface area contributed by atoms with E-state index in [9.17, 15) is 13.2 Å². The van der Waals surface area contributed by atoms with Gasteiger partial charge in [-0.15, -0.1) is 0 Å². The van der Waals surface area contributed by atoms with Crippen LogP contribution in [-0.2, 0) is 0 Å². The van der Waals surface area contributed by atoms with Crippen molar-refractivity contribution in [3.8, 4) is 0 Å². The molecule has 0 fully saturated rings. The summed E-state index contributed by atoms with van der Waals surface area (Å²) in [5, 5.41) is 0. The van der Waals surface area contributed by atoms with E-state index >= 15 is 0 Å². The molecule has 0 aromatic rings. The zero-order valence-corrected chi connectivity index (χ0v) is 8.93. The lowest BCUT2D eigenvalue weighted by Gasteiger charge is -2.34. The Labute approximate surface area is 83.3 Å². The molecule has 0 saturated carbocycles. The van der Waals surface area contributed by atoms with Crippen molar-refractivity contribution in [1.29, 1.82) is 0 Å². The molecule has 0 aliphatic carbocycles. The van der Waals surface area contributed by atoms with Crippen molar-refractivity contribution >= 4 is 0 Å². The minimum absolute atomic E-state index is 0.334. The number of hydrogen-bond donors (Lipinski definition) is 1. The van der Waals surface area contributed by atoms with Crippen LogP contribution in [0.15, 0.2) is 0 Å². The second-order valence-corrected chi connectivity index (χ2v) is 3.28. The highest BCUT2D eigenvalue weighted by Crippen LogP contribution is 2.27. The number of likely N-dealkylation sites (N-methyl/N-ethyl adjacent to an activating group) is 1. The lowest BCUT2D eigenvalue weighted by Crippen LogP contribution is -2.55. The van der Waals surface area contributed by atoms with Gasteiger partial charge in [0, 0.05) is 6.04 Å². The van der Waals surface area contributed by atoms with Crippen LogP contribution in [0.25, 0.3) is 0 Å². The van der Waals surface area contributed by atoms with Crippen LogP contribution in [0.5, 0.6) is 0 Å². The summed E-state index contributed by atoms with van der Waals surface area (Å²) in [5.74, 6) is 0. The minimum Gasteiger partial charge on any atom is -0.326 e. The van der Waals surface area contributed by atoms with Gasteiger partial charge in [-0.1, -0.05) is 20.8 Å². The van der Waals surface area contributed by atoms with E-state index in [1.165, 1.54) is 4.90 Å². The van der Waals surface area contributed by atoms with Crippen molar-refractivity contribution in [2.75, 3.05) is 13.1 Å². The van der Waals surface area contributed by atoms with Gasteiger partial charge in [0.2, 0.25) is 0 Å². The predicted octanol–water partition coefficient (Wildman–Crippen LogP) is 2.00. The van der Waals surface area contributed by atoms with Crippen LogP contribution in [0.3, 0.4) is 0 Å². The molecule has 2 nitrogen and oxygen atoms in total. The van der Waals surface area contributed by atoms with E-state index in [0.29, 0.717) is 19.5 Å². The van der Waals surface area contributed by atoms with Crippen molar-refractivity contribution in [3.05, 3.63) is 0 Å². The summed E-state index contributed by atoms with van der Waals surface area (Å²) in [4.78, 5) is 1.36. The molecule has 0 bridgehead atoms. The summed E-state index contributed by atoms with van der Waals surface area (Å²) in [5.41, 5.74) is 5.49. The van der Waals surface area contributed by atoms with Crippen molar-refractivity contribution in [2.24, 2.45) is 5.73 Å². The third-order valence-corrected chi connectivity index (χ3v) is 2.42. The van der Waals surface area contributed by atoms with Gasteiger partial charge in [-0.3, -0.25) is 4.90 Å². The highest BCUT2D eigenvalue weighted by molar-refractivity contribution is 4.86. The smallest absolute Gasteiger partial charge is 0.326 e. The van der Waals surface area contributed by atoms with Gasteiger partial charge in [0.15, 0.2) is 0 Å². The van der Waals surface area contributed by atoms with E-state index in [1.807, 2.05) is 0 Å². The number of alkyl halides is 3. The third kappa shape index (κ3) is 3.46. The van der Waals surface area contributed by atoms with Crippen molar-refractivity contribution in [1.82, 2.24) is 4.90 Å². The lowest BCUT2D eigenvalue weighted by atomic mass is 10.0. The average molecular weight is 212 g/mol. The first-order valence-corrected chi connectivity index (χ1v) is 4.94. The Morgan fingerprint density at radius 2 is 1.57 bits per heavy atom. The second-order valence-electron chi connectivity index (χ2n) is 3.28. The molecule has 86 valence electrons. The number of nitrogens with zero attached hydrogens (tertiary/aromatic N) is 1. The Bertz CT molecular complexity index is 155.